The van der Waals surface area contributed by atoms with Crippen LogP contribution in [0.3, 0.4) is 0 Å². The van der Waals surface area contributed by atoms with Crippen LogP contribution in [0.1, 0.15) is 24.8 Å². The molecule has 1 atom stereocenters. The molecule has 4 rings (SSSR count). The fraction of sp³-hybridized carbons (Fsp3) is 0.542. The maximum atomic E-state index is 13.1. The van der Waals surface area contributed by atoms with E-state index in [-0.39, 0.29) is 30.2 Å². The number of carbonyl (C=O) groups excluding carboxylic acids is 2. The van der Waals surface area contributed by atoms with Gasteiger partial charge in [-0.15, -0.1) is 0 Å². The number of allylic oxidation sites excluding steroid dienone is 1. The molecule has 0 bridgehead atoms. The van der Waals surface area contributed by atoms with Gasteiger partial charge in [-0.1, -0.05) is 18.2 Å². The molecule has 172 valence electrons. The Kier molecular flexibility index (Phi) is 6.79. The van der Waals surface area contributed by atoms with E-state index in [9.17, 15) is 14.4 Å². The molecule has 2 aliphatic heterocycles. The third-order valence-electron chi connectivity index (χ3n) is 6.65. The second kappa shape index (κ2) is 9.73. The number of likely N-dealkylation sites (tertiary alicyclic amines) is 1. The van der Waals surface area contributed by atoms with Gasteiger partial charge in [0.2, 0.25) is 11.8 Å². The number of carbonyl (C=O) groups is 2. The van der Waals surface area contributed by atoms with E-state index in [1.54, 1.807) is 18.1 Å². The van der Waals surface area contributed by atoms with Crippen LogP contribution >= 0.6 is 0 Å². The molecule has 3 heterocycles. The van der Waals surface area contributed by atoms with Crippen molar-refractivity contribution in [2.24, 2.45) is 11.8 Å². The molecule has 0 spiro atoms. The highest BCUT2D eigenvalue weighted by atomic mass is 16.5. The number of oxazole rings is 1. The first-order chi connectivity index (χ1) is 15.5. The van der Waals surface area contributed by atoms with Crippen LogP contribution in [0.4, 0.5) is 0 Å². The highest BCUT2D eigenvalue weighted by Crippen LogP contribution is 2.31. The van der Waals surface area contributed by atoms with E-state index in [2.05, 4.69) is 12.2 Å². The standard InChI is InChI=1S/C24H31N3O5/c1-17-6-7-21-20(15-17)27(24(30)32-21)16-22(28)25-11-8-18(9-12-25)19-5-3-4-10-26(23(19)29)13-14-31-2/h3-4,6-7,15,18-19H,5,8-14,16H2,1-2H3/t19-/m0/s1. The molecule has 8 heteroatoms. The van der Waals surface area contributed by atoms with Gasteiger partial charge >= 0.3 is 5.76 Å². The lowest BCUT2D eigenvalue weighted by Gasteiger charge is -2.36. The predicted molar refractivity (Wildman–Crippen MR) is 120 cm³/mol. The monoisotopic (exact) mass is 441 g/mol. The molecule has 0 aliphatic carbocycles. The lowest BCUT2D eigenvalue weighted by Crippen LogP contribution is -2.45. The molecule has 8 nitrogen and oxygen atoms in total. The molecule has 0 unspecified atom stereocenters. The van der Waals surface area contributed by atoms with Crippen molar-refractivity contribution < 1.29 is 18.7 Å². The number of aryl methyl sites for hydroxylation is 1. The molecule has 0 N–H and O–H groups in total. The summed E-state index contributed by atoms with van der Waals surface area (Å²) in [6, 6.07) is 5.50. The van der Waals surface area contributed by atoms with E-state index in [1.807, 2.05) is 24.0 Å². The number of nitrogens with zero attached hydrogens (tertiary/aromatic N) is 3. The number of ether oxygens (including phenoxy) is 1. The van der Waals surface area contributed by atoms with Crippen LogP contribution < -0.4 is 5.76 Å². The Morgan fingerprint density at radius 1 is 1.19 bits per heavy atom. The number of amides is 2. The van der Waals surface area contributed by atoms with E-state index >= 15 is 0 Å². The van der Waals surface area contributed by atoms with Gasteiger partial charge in [-0.05, 0) is 49.8 Å². The summed E-state index contributed by atoms with van der Waals surface area (Å²) in [4.78, 5) is 42.0. The molecule has 1 fully saturated rings. The summed E-state index contributed by atoms with van der Waals surface area (Å²) >= 11 is 0. The highest BCUT2D eigenvalue weighted by molar-refractivity contribution is 5.81. The molecule has 2 aliphatic rings. The first-order valence-corrected chi connectivity index (χ1v) is 11.3. The van der Waals surface area contributed by atoms with E-state index in [4.69, 9.17) is 9.15 Å². The Morgan fingerprint density at radius 2 is 1.97 bits per heavy atom. The molecule has 32 heavy (non-hydrogen) atoms. The topological polar surface area (TPSA) is 85.0 Å². The predicted octanol–water partition coefficient (Wildman–Crippen LogP) is 2.19. The van der Waals surface area contributed by atoms with E-state index in [0.717, 1.165) is 24.8 Å². The van der Waals surface area contributed by atoms with Crippen LogP contribution in [0.15, 0.2) is 39.6 Å². The fourth-order valence-electron chi connectivity index (χ4n) is 4.78. The van der Waals surface area contributed by atoms with E-state index < -0.39 is 5.76 Å². The fourth-order valence-corrected chi connectivity index (χ4v) is 4.78. The molecule has 1 saturated heterocycles. The maximum Gasteiger partial charge on any atom is 0.420 e. The first kappa shape index (κ1) is 22.3. The summed E-state index contributed by atoms with van der Waals surface area (Å²) in [5, 5.41) is 0. The summed E-state index contributed by atoms with van der Waals surface area (Å²) in [5.41, 5.74) is 2.14. The van der Waals surface area contributed by atoms with Crippen molar-refractivity contribution in [2.75, 3.05) is 39.9 Å². The van der Waals surface area contributed by atoms with Gasteiger partial charge in [0.1, 0.15) is 6.54 Å². The Hall–Kier alpha value is -2.87. The number of piperidine rings is 1. The van der Waals surface area contributed by atoms with Crippen LogP contribution in [0, 0.1) is 18.8 Å². The Balaban J connectivity index is 1.38. The summed E-state index contributed by atoms with van der Waals surface area (Å²) < 4.78 is 11.8. The number of fused-ring (bicyclic) bond motifs is 1. The van der Waals surface area contributed by atoms with Crippen molar-refractivity contribution in [2.45, 2.75) is 32.7 Å². The zero-order chi connectivity index (χ0) is 22.7. The number of methoxy groups -OCH3 is 1. The normalized spacial score (nSPS) is 20.2. The smallest absolute Gasteiger partial charge is 0.408 e. The largest absolute Gasteiger partial charge is 0.420 e. The van der Waals surface area contributed by atoms with Crippen molar-refractivity contribution >= 4 is 22.9 Å². The van der Waals surface area contributed by atoms with Gasteiger partial charge in [-0.3, -0.25) is 14.2 Å². The highest BCUT2D eigenvalue weighted by Gasteiger charge is 2.35. The van der Waals surface area contributed by atoms with Crippen LogP contribution in [0.2, 0.25) is 0 Å². The minimum absolute atomic E-state index is 0.0319. The van der Waals surface area contributed by atoms with Gasteiger partial charge in [-0.2, -0.15) is 0 Å². The lowest BCUT2D eigenvalue weighted by molar-refractivity contribution is -0.138. The zero-order valence-corrected chi connectivity index (χ0v) is 18.8. The summed E-state index contributed by atoms with van der Waals surface area (Å²) in [6.07, 6.45) is 6.48. The number of hydrogen-bond donors (Lipinski definition) is 0. The molecule has 2 amide bonds. The maximum absolute atomic E-state index is 13.1. The minimum Gasteiger partial charge on any atom is -0.408 e. The van der Waals surface area contributed by atoms with E-state index in [0.29, 0.717) is 43.9 Å². The van der Waals surface area contributed by atoms with Gasteiger partial charge in [0, 0.05) is 39.2 Å². The van der Waals surface area contributed by atoms with Gasteiger partial charge in [-0.25, -0.2) is 4.79 Å². The summed E-state index contributed by atoms with van der Waals surface area (Å²) in [6.45, 7) is 4.85. The Bertz CT molecular complexity index is 1060. The van der Waals surface area contributed by atoms with Crippen LogP contribution in [-0.4, -0.2) is 66.1 Å². The summed E-state index contributed by atoms with van der Waals surface area (Å²) in [5.74, 6) is -0.223. The number of aromatic nitrogens is 1. The Morgan fingerprint density at radius 3 is 2.72 bits per heavy atom. The van der Waals surface area contributed by atoms with Gasteiger partial charge in [0.25, 0.3) is 0 Å². The average molecular weight is 442 g/mol. The van der Waals surface area contributed by atoms with Crippen molar-refractivity contribution in [1.29, 1.82) is 0 Å². The van der Waals surface area contributed by atoms with Crippen LogP contribution in [0.5, 0.6) is 0 Å². The quantitative estimate of drug-likeness (QED) is 0.642. The lowest BCUT2D eigenvalue weighted by atomic mass is 9.81. The molecular weight excluding hydrogens is 410 g/mol. The molecular formula is C24H31N3O5. The Labute approximate surface area is 187 Å². The van der Waals surface area contributed by atoms with Gasteiger partial charge in [0.05, 0.1) is 12.1 Å². The van der Waals surface area contributed by atoms with Crippen LogP contribution in [0.25, 0.3) is 11.1 Å². The minimum atomic E-state index is -0.513. The van der Waals surface area contributed by atoms with Crippen molar-refractivity contribution in [1.82, 2.24) is 14.4 Å². The van der Waals surface area contributed by atoms with E-state index in [1.165, 1.54) is 4.57 Å². The molecule has 2 aromatic rings. The van der Waals surface area contributed by atoms with Gasteiger partial charge < -0.3 is 19.0 Å². The van der Waals surface area contributed by atoms with Crippen LogP contribution in [-0.2, 0) is 20.9 Å². The second-order valence-corrected chi connectivity index (χ2v) is 8.73. The molecule has 1 aromatic carbocycles. The first-order valence-electron chi connectivity index (χ1n) is 11.3. The van der Waals surface area contributed by atoms with Crippen molar-refractivity contribution in [3.63, 3.8) is 0 Å². The van der Waals surface area contributed by atoms with Crippen molar-refractivity contribution in [3.8, 4) is 0 Å². The molecule has 0 saturated carbocycles. The SMILES string of the molecule is COCCN1CC=CC[C@@H](C2CCN(C(=O)Cn3c(=O)oc4ccc(C)cc43)CC2)C1=O. The average Bonchev–Trinajstić information content (AvgIpc) is 2.97. The third kappa shape index (κ3) is 4.65. The number of benzene rings is 1. The summed E-state index contributed by atoms with van der Waals surface area (Å²) in [7, 11) is 1.64. The van der Waals surface area contributed by atoms with Crippen molar-refractivity contribution in [3.05, 3.63) is 46.5 Å². The zero-order valence-electron chi connectivity index (χ0n) is 18.8. The second-order valence-electron chi connectivity index (χ2n) is 8.73. The number of rotatable bonds is 6. The third-order valence-corrected chi connectivity index (χ3v) is 6.65. The van der Waals surface area contributed by atoms with Gasteiger partial charge in [0.15, 0.2) is 5.58 Å². The number of hydrogen-bond acceptors (Lipinski definition) is 5. The molecule has 0 radical (unpaired) electrons. The molecule has 1 aromatic heterocycles.